The first kappa shape index (κ1) is 12.2. The first-order valence-electron chi connectivity index (χ1n) is 5.09. The summed E-state index contributed by atoms with van der Waals surface area (Å²) < 4.78 is 5.29. The Bertz CT molecular complexity index is 268. The number of carbonyl (C=O) groups excluding carboxylic acids is 1. The quantitative estimate of drug-likeness (QED) is 0.408. The normalized spacial score (nSPS) is 30.5. The maximum Gasteiger partial charge on any atom is 0.345 e. The fourth-order valence-corrected chi connectivity index (χ4v) is 1.32. The van der Waals surface area contributed by atoms with E-state index < -0.39 is 17.2 Å². The van der Waals surface area contributed by atoms with Crippen molar-refractivity contribution in [2.24, 2.45) is 0 Å². The van der Waals surface area contributed by atoms with Crippen LogP contribution in [0.2, 0.25) is 0 Å². The van der Waals surface area contributed by atoms with Crippen molar-refractivity contribution in [3.63, 3.8) is 0 Å². The summed E-state index contributed by atoms with van der Waals surface area (Å²) in [6, 6.07) is 0. The van der Waals surface area contributed by atoms with Crippen molar-refractivity contribution in [2.45, 2.75) is 51.4 Å². The number of carbonyl (C=O) groups is 1. The molecule has 1 fully saturated rings. The van der Waals surface area contributed by atoms with Crippen molar-refractivity contribution in [3.05, 3.63) is 12.7 Å². The van der Waals surface area contributed by atoms with Crippen molar-refractivity contribution in [1.29, 1.82) is 0 Å². The molecule has 0 aliphatic carbocycles. The molecule has 0 saturated carbocycles. The van der Waals surface area contributed by atoms with Crippen molar-refractivity contribution >= 4 is 5.97 Å². The molecule has 1 aliphatic rings. The summed E-state index contributed by atoms with van der Waals surface area (Å²) in [6.45, 7) is 10.8. The van der Waals surface area contributed by atoms with Crippen molar-refractivity contribution < 1.29 is 19.3 Å². The van der Waals surface area contributed by atoms with Gasteiger partial charge in [0.15, 0.2) is 0 Å². The fourth-order valence-electron chi connectivity index (χ4n) is 1.32. The second-order valence-corrected chi connectivity index (χ2v) is 4.26. The Kier molecular flexibility index (Phi) is 3.21. The Hall–Kier alpha value is -0.870. The van der Waals surface area contributed by atoms with E-state index in [4.69, 9.17) is 14.5 Å². The number of hydrogen-bond acceptors (Lipinski definition) is 4. The number of hydrogen-bond donors (Lipinski definition) is 0. The lowest BCUT2D eigenvalue weighted by molar-refractivity contribution is -0.494. The third-order valence-corrected chi connectivity index (χ3v) is 2.72. The van der Waals surface area contributed by atoms with E-state index in [1.54, 1.807) is 26.8 Å². The summed E-state index contributed by atoms with van der Waals surface area (Å²) in [5.74, 6) is -0.395. The average molecular weight is 214 g/mol. The van der Waals surface area contributed by atoms with Gasteiger partial charge in [-0.25, -0.2) is 14.6 Å². The van der Waals surface area contributed by atoms with E-state index in [9.17, 15) is 4.79 Å². The molecule has 1 rings (SSSR count). The van der Waals surface area contributed by atoms with Gasteiger partial charge in [-0.05, 0) is 33.3 Å². The lowest BCUT2D eigenvalue weighted by Gasteiger charge is -2.43. The third kappa shape index (κ3) is 2.06. The number of ether oxygens (including phenoxy) is 1. The SMILES string of the molecule is C=CC(C)(C)OC(=O)C1(CC)OOC1C. The van der Waals surface area contributed by atoms with Gasteiger partial charge in [0, 0.05) is 0 Å². The van der Waals surface area contributed by atoms with E-state index in [2.05, 4.69) is 6.58 Å². The molecule has 0 aromatic heterocycles. The molecule has 1 aliphatic heterocycles. The van der Waals surface area contributed by atoms with Gasteiger partial charge >= 0.3 is 5.97 Å². The van der Waals surface area contributed by atoms with E-state index in [1.165, 1.54) is 0 Å². The molecule has 4 nitrogen and oxygen atoms in total. The van der Waals surface area contributed by atoms with Crippen LogP contribution in [0.25, 0.3) is 0 Å². The van der Waals surface area contributed by atoms with E-state index in [-0.39, 0.29) is 6.10 Å². The second kappa shape index (κ2) is 3.94. The molecule has 0 N–H and O–H groups in total. The lowest BCUT2D eigenvalue weighted by Crippen LogP contribution is -2.61. The van der Waals surface area contributed by atoms with E-state index >= 15 is 0 Å². The molecule has 4 heteroatoms. The van der Waals surface area contributed by atoms with Crippen LogP contribution < -0.4 is 0 Å². The predicted molar refractivity (Wildman–Crippen MR) is 55.0 cm³/mol. The monoisotopic (exact) mass is 214 g/mol. The van der Waals surface area contributed by atoms with Gasteiger partial charge in [0.1, 0.15) is 11.7 Å². The molecule has 2 atom stereocenters. The summed E-state index contributed by atoms with van der Waals surface area (Å²) in [5, 5.41) is 0. The van der Waals surface area contributed by atoms with Crippen LogP contribution in [0, 0.1) is 0 Å². The zero-order chi connectivity index (χ0) is 11.7. The molecular weight excluding hydrogens is 196 g/mol. The molecule has 0 aromatic carbocycles. The lowest BCUT2D eigenvalue weighted by atomic mass is 9.92. The van der Waals surface area contributed by atoms with Crippen LogP contribution in [0.1, 0.15) is 34.1 Å². The zero-order valence-electron chi connectivity index (χ0n) is 9.70. The number of esters is 1. The molecular formula is C11H18O4. The Morgan fingerprint density at radius 2 is 2.27 bits per heavy atom. The highest BCUT2D eigenvalue weighted by atomic mass is 17.3. The van der Waals surface area contributed by atoms with Crippen LogP contribution >= 0.6 is 0 Å². The molecule has 1 saturated heterocycles. The molecule has 0 aromatic rings. The maximum atomic E-state index is 11.9. The van der Waals surface area contributed by atoms with Crippen molar-refractivity contribution in [2.75, 3.05) is 0 Å². The minimum absolute atomic E-state index is 0.268. The Morgan fingerprint density at radius 1 is 1.67 bits per heavy atom. The Labute approximate surface area is 90.1 Å². The fraction of sp³-hybridized carbons (Fsp3) is 0.727. The van der Waals surface area contributed by atoms with E-state index in [1.807, 2.05) is 6.92 Å². The van der Waals surface area contributed by atoms with Gasteiger partial charge < -0.3 is 4.74 Å². The smallest absolute Gasteiger partial charge is 0.345 e. The first-order valence-corrected chi connectivity index (χ1v) is 5.09. The van der Waals surface area contributed by atoms with Crippen LogP contribution in [0.3, 0.4) is 0 Å². The van der Waals surface area contributed by atoms with Crippen LogP contribution in [-0.2, 0) is 19.3 Å². The van der Waals surface area contributed by atoms with Gasteiger partial charge in [-0.2, -0.15) is 0 Å². The zero-order valence-corrected chi connectivity index (χ0v) is 9.70. The number of rotatable bonds is 4. The second-order valence-electron chi connectivity index (χ2n) is 4.26. The van der Waals surface area contributed by atoms with Gasteiger partial charge in [0.05, 0.1) is 0 Å². The molecule has 0 bridgehead atoms. The minimum atomic E-state index is -0.944. The van der Waals surface area contributed by atoms with E-state index in [0.29, 0.717) is 6.42 Å². The van der Waals surface area contributed by atoms with Crippen molar-refractivity contribution in [1.82, 2.24) is 0 Å². The van der Waals surface area contributed by atoms with Gasteiger partial charge in [0.2, 0.25) is 5.60 Å². The Morgan fingerprint density at radius 3 is 2.53 bits per heavy atom. The highest BCUT2D eigenvalue weighted by Gasteiger charge is 2.56. The van der Waals surface area contributed by atoms with Gasteiger partial charge in [-0.3, -0.25) is 0 Å². The molecule has 15 heavy (non-hydrogen) atoms. The molecule has 86 valence electrons. The van der Waals surface area contributed by atoms with Gasteiger partial charge in [0.25, 0.3) is 0 Å². The highest BCUT2D eigenvalue weighted by Crippen LogP contribution is 2.35. The first-order chi connectivity index (χ1) is 6.88. The topological polar surface area (TPSA) is 44.8 Å². The van der Waals surface area contributed by atoms with Crippen molar-refractivity contribution in [3.8, 4) is 0 Å². The summed E-state index contributed by atoms with van der Waals surface area (Å²) in [6.07, 6.45) is 1.84. The summed E-state index contributed by atoms with van der Waals surface area (Å²) >= 11 is 0. The maximum absolute atomic E-state index is 11.9. The van der Waals surface area contributed by atoms with Crippen LogP contribution in [-0.4, -0.2) is 23.3 Å². The summed E-state index contributed by atoms with van der Waals surface area (Å²) in [7, 11) is 0. The van der Waals surface area contributed by atoms with Gasteiger partial charge in [-0.1, -0.05) is 13.5 Å². The van der Waals surface area contributed by atoms with Gasteiger partial charge in [-0.15, -0.1) is 0 Å². The average Bonchev–Trinajstić information content (AvgIpc) is 2.16. The van der Waals surface area contributed by atoms with Crippen LogP contribution in [0.5, 0.6) is 0 Å². The molecule has 1 heterocycles. The summed E-state index contributed by atoms with van der Waals surface area (Å²) in [5.41, 5.74) is -1.63. The Balaban J connectivity index is 2.71. The largest absolute Gasteiger partial charge is 0.453 e. The predicted octanol–water partition coefficient (Wildman–Crippen LogP) is 1.99. The van der Waals surface area contributed by atoms with Crippen LogP contribution in [0.4, 0.5) is 0 Å². The third-order valence-electron chi connectivity index (χ3n) is 2.72. The highest BCUT2D eigenvalue weighted by molar-refractivity contribution is 5.81. The van der Waals surface area contributed by atoms with E-state index in [0.717, 1.165) is 0 Å². The minimum Gasteiger partial charge on any atom is -0.453 e. The standard InChI is InChI=1S/C11H18O4/c1-6-10(4,5)13-9(12)11(7-2)8(3)14-15-11/h6,8H,1,7H2,2-5H3. The molecule has 0 spiro atoms. The molecule has 2 unspecified atom stereocenters. The molecule has 0 amide bonds. The summed E-state index contributed by atoms with van der Waals surface area (Å²) in [4.78, 5) is 21.6. The molecule has 0 radical (unpaired) electrons. The van der Waals surface area contributed by atoms with Crippen LogP contribution in [0.15, 0.2) is 12.7 Å².